The Labute approximate surface area is 130 Å². The fourth-order valence-electron chi connectivity index (χ4n) is 1.76. The zero-order valence-corrected chi connectivity index (χ0v) is 12.6. The molecular weight excluding hydrogens is 335 g/mol. The van der Waals surface area contributed by atoms with Gasteiger partial charge in [-0.05, 0) is 30.7 Å². The summed E-state index contributed by atoms with van der Waals surface area (Å²) in [5, 5.41) is 9.57. The third kappa shape index (κ3) is 4.28. The molecule has 0 bridgehead atoms. The number of ether oxygens (including phenoxy) is 1. The molecule has 0 aliphatic carbocycles. The SMILES string of the molecule is Cc1ccc(NS(=O)(=O)c2ccccc2OC(F)(F)F)cc1O. The molecule has 23 heavy (non-hydrogen) atoms. The van der Waals surface area contributed by atoms with E-state index in [1.807, 2.05) is 0 Å². The van der Waals surface area contributed by atoms with Gasteiger partial charge in [-0.3, -0.25) is 4.72 Å². The van der Waals surface area contributed by atoms with Crippen LogP contribution in [0.15, 0.2) is 47.4 Å². The van der Waals surface area contributed by atoms with Crippen LogP contribution in [0, 0.1) is 6.92 Å². The van der Waals surface area contributed by atoms with Crippen LogP contribution >= 0.6 is 0 Å². The van der Waals surface area contributed by atoms with E-state index >= 15 is 0 Å². The van der Waals surface area contributed by atoms with E-state index in [4.69, 9.17) is 0 Å². The molecule has 0 spiro atoms. The van der Waals surface area contributed by atoms with Crippen LogP contribution in [0.3, 0.4) is 0 Å². The summed E-state index contributed by atoms with van der Waals surface area (Å²) in [6.07, 6.45) is -5.02. The van der Waals surface area contributed by atoms with Crippen LogP contribution in [0.5, 0.6) is 11.5 Å². The van der Waals surface area contributed by atoms with Crippen molar-refractivity contribution in [3.8, 4) is 11.5 Å². The molecule has 0 aliphatic rings. The molecular formula is C14H12F3NO4S. The van der Waals surface area contributed by atoms with Crippen LogP contribution in [0.4, 0.5) is 18.9 Å². The van der Waals surface area contributed by atoms with Crippen LogP contribution < -0.4 is 9.46 Å². The van der Waals surface area contributed by atoms with Crippen LogP contribution in [0.25, 0.3) is 0 Å². The predicted octanol–water partition coefficient (Wildman–Crippen LogP) is 3.40. The third-order valence-electron chi connectivity index (χ3n) is 2.83. The van der Waals surface area contributed by atoms with E-state index in [0.717, 1.165) is 18.2 Å². The highest BCUT2D eigenvalue weighted by Crippen LogP contribution is 2.31. The number of aromatic hydroxyl groups is 1. The normalized spacial score (nSPS) is 12.0. The van der Waals surface area contributed by atoms with E-state index in [0.29, 0.717) is 5.56 Å². The Morgan fingerprint density at radius 3 is 2.39 bits per heavy atom. The summed E-state index contributed by atoms with van der Waals surface area (Å²) in [4.78, 5) is -0.669. The van der Waals surface area contributed by atoms with Crippen molar-refractivity contribution in [2.75, 3.05) is 4.72 Å². The van der Waals surface area contributed by atoms with Gasteiger partial charge in [0.25, 0.3) is 10.0 Å². The minimum absolute atomic E-state index is 0.00918. The fraction of sp³-hybridized carbons (Fsp3) is 0.143. The number of rotatable bonds is 4. The first-order valence-corrected chi connectivity index (χ1v) is 7.74. The van der Waals surface area contributed by atoms with Crippen molar-refractivity contribution >= 4 is 15.7 Å². The summed E-state index contributed by atoms with van der Waals surface area (Å²) < 4.78 is 67.4. The average molecular weight is 347 g/mol. The molecule has 2 rings (SSSR count). The molecule has 124 valence electrons. The largest absolute Gasteiger partial charge is 0.573 e. The summed E-state index contributed by atoms with van der Waals surface area (Å²) in [7, 11) is -4.33. The quantitative estimate of drug-likeness (QED) is 0.889. The van der Waals surface area contributed by atoms with Crippen molar-refractivity contribution in [2.24, 2.45) is 0 Å². The first-order valence-electron chi connectivity index (χ1n) is 6.26. The maximum absolute atomic E-state index is 12.4. The van der Waals surface area contributed by atoms with Crippen LogP contribution in [-0.2, 0) is 10.0 Å². The molecule has 0 aliphatic heterocycles. The van der Waals surface area contributed by atoms with E-state index < -0.39 is 27.0 Å². The van der Waals surface area contributed by atoms with Gasteiger partial charge in [0.05, 0.1) is 5.69 Å². The molecule has 0 radical (unpaired) electrons. The minimum atomic E-state index is -5.02. The number of hydrogen-bond donors (Lipinski definition) is 2. The standard InChI is InChI=1S/C14H12F3NO4S/c1-9-6-7-10(8-11(9)19)18-23(20,21)13-5-3-2-4-12(13)22-14(15,16)17/h2-8,18-19H,1H3. The number of phenolic OH excluding ortho intramolecular Hbond substituents is 1. The second-order valence-electron chi connectivity index (χ2n) is 4.60. The molecule has 0 amide bonds. The van der Waals surface area contributed by atoms with Crippen LogP contribution in [0.1, 0.15) is 5.56 Å². The highest BCUT2D eigenvalue weighted by atomic mass is 32.2. The third-order valence-corrected chi connectivity index (χ3v) is 4.25. The van der Waals surface area contributed by atoms with Crippen molar-refractivity contribution < 1.29 is 31.4 Å². The molecule has 2 aromatic carbocycles. The first-order chi connectivity index (χ1) is 10.6. The molecule has 2 aromatic rings. The molecule has 0 aromatic heterocycles. The van der Waals surface area contributed by atoms with Gasteiger partial charge in [-0.15, -0.1) is 13.2 Å². The number of hydrogen-bond acceptors (Lipinski definition) is 4. The van der Waals surface area contributed by atoms with E-state index in [-0.39, 0.29) is 11.4 Å². The number of nitrogens with one attached hydrogen (secondary N) is 1. The number of benzene rings is 2. The summed E-state index contributed by atoms with van der Waals surface area (Å²) in [6, 6.07) is 8.36. The van der Waals surface area contributed by atoms with Gasteiger partial charge in [0, 0.05) is 6.07 Å². The lowest BCUT2D eigenvalue weighted by Crippen LogP contribution is -2.20. The van der Waals surface area contributed by atoms with Gasteiger partial charge in [0.1, 0.15) is 16.4 Å². The minimum Gasteiger partial charge on any atom is -0.508 e. The van der Waals surface area contributed by atoms with E-state index in [9.17, 15) is 26.7 Å². The topological polar surface area (TPSA) is 75.6 Å². The molecule has 2 N–H and O–H groups in total. The summed E-state index contributed by atoms with van der Waals surface area (Å²) in [5.74, 6) is -0.992. The summed E-state index contributed by atoms with van der Waals surface area (Å²) in [6.45, 7) is 1.61. The van der Waals surface area contributed by atoms with Crippen LogP contribution in [0.2, 0.25) is 0 Å². The Bertz CT molecular complexity index is 819. The van der Waals surface area contributed by atoms with Gasteiger partial charge in [-0.25, -0.2) is 8.42 Å². The number of phenols is 1. The number of para-hydroxylation sites is 1. The Morgan fingerprint density at radius 1 is 1.13 bits per heavy atom. The van der Waals surface area contributed by atoms with Gasteiger partial charge < -0.3 is 9.84 Å². The zero-order valence-electron chi connectivity index (χ0n) is 11.8. The van der Waals surface area contributed by atoms with E-state index in [1.165, 1.54) is 24.3 Å². The Morgan fingerprint density at radius 2 is 1.78 bits per heavy atom. The number of sulfonamides is 1. The molecule has 0 saturated heterocycles. The van der Waals surface area contributed by atoms with E-state index in [1.54, 1.807) is 6.92 Å². The van der Waals surface area contributed by atoms with Crippen molar-refractivity contribution in [1.29, 1.82) is 0 Å². The van der Waals surface area contributed by atoms with Gasteiger partial charge in [-0.2, -0.15) is 0 Å². The molecule has 0 heterocycles. The van der Waals surface area contributed by atoms with Crippen molar-refractivity contribution in [3.05, 3.63) is 48.0 Å². The smallest absolute Gasteiger partial charge is 0.508 e. The fourth-order valence-corrected chi connectivity index (χ4v) is 2.94. The lowest BCUT2D eigenvalue weighted by molar-refractivity contribution is -0.275. The molecule has 0 unspecified atom stereocenters. The highest BCUT2D eigenvalue weighted by Gasteiger charge is 2.34. The summed E-state index contributed by atoms with van der Waals surface area (Å²) in [5.41, 5.74) is 0.531. The lowest BCUT2D eigenvalue weighted by Gasteiger charge is -2.14. The highest BCUT2D eigenvalue weighted by molar-refractivity contribution is 7.92. The number of alkyl halides is 3. The average Bonchev–Trinajstić information content (AvgIpc) is 2.41. The van der Waals surface area contributed by atoms with Crippen molar-refractivity contribution in [3.63, 3.8) is 0 Å². The molecule has 5 nitrogen and oxygen atoms in total. The molecule has 0 fully saturated rings. The Kier molecular flexibility index (Phi) is 4.42. The summed E-state index contributed by atoms with van der Waals surface area (Å²) >= 11 is 0. The molecule has 9 heteroatoms. The monoisotopic (exact) mass is 347 g/mol. The zero-order chi connectivity index (χ0) is 17.3. The van der Waals surface area contributed by atoms with Crippen molar-refractivity contribution in [1.82, 2.24) is 0 Å². The number of anilines is 1. The van der Waals surface area contributed by atoms with Crippen LogP contribution in [-0.4, -0.2) is 19.9 Å². The predicted molar refractivity (Wildman–Crippen MR) is 76.8 cm³/mol. The maximum atomic E-state index is 12.4. The Hall–Kier alpha value is -2.42. The Balaban J connectivity index is 2.38. The number of halogens is 3. The van der Waals surface area contributed by atoms with E-state index in [2.05, 4.69) is 9.46 Å². The maximum Gasteiger partial charge on any atom is 0.573 e. The molecule has 0 atom stereocenters. The second-order valence-corrected chi connectivity index (χ2v) is 6.25. The van der Waals surface area contributed by atoms with Crippen molar-refractivity contribution in [2.45, 2.75) is 18.2 Å². The number of aryl methyl sites for hydroxylation is 1. The van der Waals surface area contributed by atoms with Gasteiger partial charge >= 0.3 is 6.36 Å². The first kappa shape index (κ1) is 16.9. The van der Waals surface area contributed by atoms with Gasteiger partial charge in [-0.1, -0.05) is 18.2 Å². The van der Waals surface area contributed by atoms with Gasteiger partial charge in [0.2, 0.25) is 0 Å². The molecule has 0 saturated carbocycles. The lowest BCUT2D eigenvalue weighted by atomic mass is 10.2. The second kappa shape index (κ2) is 5.99. The van der Waals surface area contributed by atoms with Gasteiger partial charge in [0.15, 0.2) is 0 Å².